The van der Waals surface area contributed by atoms with Crippen molar-refractivity contribution >= 4 is 71.1 Å². The summed E-state index contributed by atoms with van der Waals surface area (Å²) in [5, 5.41) is 16.4. The molecule has 0 aliphatic heterocycles. The number of rotatable bonds is 3. The van der Waals surface area contributed by atoms with Gasteiger partial charge in [-0.05, 0) is 66.7 Å². The van der Waals surface area contributed by atoms with Crippen molar-refractivity contribution < 1.29 is 0 Å². The predicted molar refractivity (Wildman–Crippen MR) is 200 cm³/mol. The normalized spacial score (nSPS) is 11.6. The van der Waals surface area contributed by atoms with Crippen molar-refractivity contribution in [1.82, 2.24) is 13.7 Å². The van der Waals surface area contributed by atoms with E-state index in [4.69, 9.17) is 6.57 Å². The van der Waals surface area contributed by atoms with Crippen molar-refractivity contribution in [3.63, 3.8) is 0 Å². The summed E-state index contributed by atoms with van der Waals surface area (Å²) in [7, 11) is 0. The second kappa shape index (κ2) is 10.2. The zero-order valence-electron chi connectivity index (χ0n) is 26.2. The fourth-order valence-corrected chi connectivity index (χ4v) is 7.84. The monoisotopic (exact) mass is 623 g/mol. The van der Waals surface area contributed by atoms with Crippen LogP contribution in [-0.4, -0.2) is 13.7 Å². The van der Waals surface area contributed by atoms with Crippen molar-refractivity contribution in [3.8, 4) is 23.1 Å². The number of aromatic nitrogens is 3. The third kappa shape index (κ3) is 3.79. The number of hydrogen-bond acceptors (Lipinski definition) is 1. The zero-order chi connectivity index (χ0) is 32.6. The molecule has 5 heteroatoms. The molecule has 0 aliphatic carbocycles. The van der Waals surface area contributed by atoms with Gasteiger partial charge in [0.15, 0.2) is 5.69 Å². The van der Waals surface area contributed by atoms with Gasteiger partial charge in [-0.3, -0.25) is 0 Å². The summed E-state index contributed by atoms with van der Waals surface area (Å²) in [5.41, 5.74) is 10.5. The minimum atomic E-state index is 0.550. The first-order valence-electron chi connectivity index (χ1n) is 16.2. The summed E-state index contributed by atoms with van der Waals surface area (Å²) in [6, 6.07) is 54.8. The molecule has 0 unspecified atom stereocenters. The Morgan fingerprint density at radius 2 is 0.918 bits per heavy atom. The highest BCUT2D eigenvalue weighted by Gasteiger charge is 2.22. The molecule has 10 rings (SSSR count). The summed E-state index contributed by atoms with van der Waals surface area (Å²) < 4.78 is 6.93. The maximum atomic E-state index is 9.70. The van der Waals surface area contributed by atoms with Gasteiger partial charge in [-0.25, -0.2) is 4.85 Å². The van der Waals surface area contributed by atoms with Crippen molar-refractivity contribution in [2.75, 3.05) is 0 Å². The summed E-state index contributed by atoms with van der Waals surface area (Å²) in [6.07, 6.45) is 0. The Hall–Kier alpha value is -7.08. The zero-order valence-corrected chi connectivity index (χ0v) is 26.2. The Morgan fingerprint density at radius 3 is 1.51 bits per heavy atom. The number of fused-ring (bicyclic) bond motifs is 10. The van der Waals surface area contributed by atoms with Crippen molar-refractivity contribution in [2.45, 2.75) is 0 Å². The van der Waals surface area contributed by atoms with E-state index in [-0.39, 0.29) is 0 Å². The van der Waals surface area contributed by atoms with Crippen molar-refractivity contribution in [3.05, 3.63) is 169 Å². The lowest BCUT2D eigenvalue weighted by molar-refractivity contribution is 1.13. The molecule has 3 aromatic heterocycles. The van der Waals surface area contributed by atoms with Crippen LogP contribution in [0.3, 0.4) is 0 Å². The van der Waals surface area contributed by atoms with Crippen LogP contribution in [0.1, 0.15) is 5.56 Å². The summed E-state index contributed by atoms with van der Waals surface area (Å²) >= 11 is 0. The molecule has 3 heterocycles. The van der Waals surface area contributed by atoms with Gasteiger partial charge in [0.1, 0.15) is 0 Å². The first-order valence-corrected chi connectivity index (χ1v) is 16.2. The third-order valence-corrected chi connectivity index (χ3v) is 9.82. The maximum Gasteiger partial charge on any atom is 0.191 e. The summed E-state index contributed by atoms with van der Waals surface area (Å²) in [5.74, 6) is 0. The second-order valence-electron chi connectivity index (χ2n) is 12.4. The quantitative estimate of drug-likeness (QED) is 0.181. The van der Waals surface area contributed by atoms with Gasteiger partial charge in [0.25, 0.3) is 0 Å². The topological polar surface area (TPSA) is 42.9 Å². The van der Waals surface area contributed by atoms with Gasteiger partial charge in [-0.15, -0.1) is 0 Å². The van der Waals surface area contributed by atoms with Crippen molar-refractivity contribution in [2.24, 2.45) is 0 Å². The molecule has 226 valence electrons. The van der Waals surface area contributed by atoms with Gasteiger partial charge in [-0.1, -0.05) is 84.9 Å². The largest absolute Gasteiger partial charge is 0.310 e. The van der Waals surface area contributed by atoms with Crippen LogP contribution in [0.4, 0.5) is 5.69 Å². The summed E-state index contributed by atoms with van der Waals surface area (Å²) in [6.45, 7) is 8.21. The van der Waals surface area contributed by atoms with Gasteiger partial charge in [0.05, 0.1) is 51.3 Å². The molecule has 0 saturated heterocycles. The van der Waals surface area contributed by atoms with Crippen LogP contribution in [0.2, 0.25) is 0 Å². The molecular weight excluding hydrogens is 599 g/mol. The maximum absolute atomic E-state index is 9.70. The minimum Gasteiger partial charge on any atom is -0.310 e. The van der Waals surface area contributed by atoms with E-state index in [0.717, 1.165) is 71.7 Å². The van der Waals surface area contributed by atoms with Crippen LogP contribution < -0.4 is 0 Å². The molecule has 7 aromatic carbocycles. The van der Waals surface area contributed by atoms with Gasteiger partial charge in [-0.2, -0.15) is 5.26 Å². The number of nitriles is 1. The minimum absolute atomic E-state index is 0.550. The van der Waals surface area contributed by atoms with Gasteiger partial charge in [0.2, 0.25) is 0 Å². The molecule has 0 radical (unpaired) electrons. The van der Waals surface area contributed by atoms with E-state index < -0.39 is 0 Å². The smallest absolute Gasteiger partial charge is 0.191 e. The van der Waals surface area contributed by atoms with Crippen molar-refractivity contribution in [1.29, 1.82) is 5.26 Å². The highest BCUT2D eigenvalue weighted by molar-refractivity contribution is 6.24. The van der Waals surface area contributed by atoms with E-state index in [0.29, 0.717) is 11.3 Å². The van der Waals surface area contributed by atoms with Crippen LogP contribution in [-0.2, 0) is 0 Å². The molecule has 49 heavy (non-hydrogen) atoms. The second-order valence-corrected chi connectivity index (χ2v) is 12.4. The molecule has 0 spiro atoms. The first kappa shape index (κ1) is 27.1. The lowest BCUT2D eigenvalue weighted by Gasteiger charge is -2.15. The fourth-order valence-electron chi connectivity index (χ4n) is 7.84. The van der Waals surface area contributed by atoms with E-state index >= 15 is 0 Å². The molecule has 0 aliphatic rings. The number of benzene rings is 7. The van der Waals surface area contributed by atoms with Gasteiger partial charge in [0, 0.05) is 49.4 Å². The van der Waals surface area contributed by atoms with E-state index in [1.54, 1.807) is 0 Å². The van der Waals surface area contributed by atoms with Crippen LogP contribution >= 0.6 is 0 Å². The Balaban J connectivity index is 1.37. The highest BCUT2D eigenvalue weighted by atomic mass is 15.1. The Labute approximate surface area is 281 Å². The van der Waals surface area contributed by atoms with Crippen LogP contribution in [0, 0.1) is 17.9 Å². The molecule has 0 bridgehead atoms. The van der Waals surface area contributed by atoms with E-state index in [1.807, 2.05) is 42.5 Å². The third-order valence-electron chi connectivity index (χ3n) is 9.82. The van der Waals surface area contributed by atoms with E-state index in [9.17, 15) is 5.26 Å². The van der Waals surface area contributed by atoms with Crippen LogP contribution in [0.5, 0.6) is 0 Å². The standard InChI is InChI=1S/C44H25N5/c1-46-29-24-31(47-39-16-8-7-15-35(39)38-23-28(27-45)19-22-42(38)47)26-32(25-29)49-41-18-10-6-14-34(41)37-21-20-36-33-13-5-9-17-40(33)48(43(36)44(37)49)30-11-3-2-4-12-30/h2-26H. The molecule has 0 atom stereocenters. The molecule has 0 fully saturated rings. The molecule has 0 N–H and O–H groups in total. The van der Waals surface area contributed by atoms with Crippen LogP contribution in [0.15, 0.2) is 152 Å². The average molecular weight is 624 g/mol. The molecule has 5 nitrogen and oxygen atoms in total. The molecule has 10 aromatic rings. The Bertz CT molecular complexity index is 3070. The fraction of sp³-hybridized carbons (Fsp3) is 0. The predicted octanol–water partition coefficient (Wildman–Crippen LogP) is 11.4. The SMILES string of the molecule is [C-]#[N+]c1cc(-n2c3ccccc3c3cc(C#N)ccc32)cc(-n2c3ccccc3c3ccc4c5ccccc5n(-c5ccccc5)c4c32)c1. The lowest BCUT2D eigenvalue weighted by Crippen LogP contribution is -2.00. The summed E-state index contributed by atoms with van der Waals surface area (Å²) in [4.78, 5) is 4.00. The van der Waals surface area contributed by atoms with Gasteiger partial charge < -0.3 is 13.7 Å². The van der Waals surface area contributed by atoms with E-state index in [1.165, 1.54) is 10.8 Å². The number of hydrogen-bond donors (Lipinski definition) is 0. The van der Waals surface area contributed by atoms with Gasteiger partial charge >= 0.3 is 0 Å². The lowest BCUT2D eigenvalue weighted by atomic mass is 10.1. The highest BCUT2D eigenvalue weighted by Crippen LogP contribution is 2.43. The number of nitrogens with zero attached hydrogens (tertiary/aromatic N) is 5. The van der Waals surface area contributed by atoms with Crippen LogP contribution in [0.25, 0.3) is 87.3 Å². The first-order chi connectivity index (χ1) is 24.2. The Kier molecular flexibility index (Phi) is 5.64. The molecular formula is C44H25N5. The number of para-hydroxylation sites is 4. The Morgan fingerprint density at radius 1 is 0.429 bits per heavy atom. The van der Waals surface area contributed by atoms with E-state index in [2.05, 4.69) is 134 Å². The molecule has 0 saturated carbocycles. The average Bonchev–Trinajstić information content (AvgIpc) is 3.80. The molecule has 0 amide bonds.